The standard InChI is InChI=1S/C12H17BrN2O2S/c13-11-3-2-10(9-14)12(8-11)15-4-1-6-18(16,17)7-5-15/h2-3,8H,1,4-7,9,14H2. The van der Waals surface area contributed by atoms with Crippen LogP contribution < -0.4 is 10.6 Å². The van der Waals surface area contributed by atoms with Crippen molar-refractivity contribution in [1.29, 1.82) is 0 Å². The minimum Gasteiger partial charge on any atom is -0.370 e. The monoisotopic (exact) mass is 332 g/mol. The molecule has 2 rings (SSSR count). The van der Waals surface area contributed by atoms with Gasteiger partial charge in [-0.05, 0) is 24.1 Å². The molecular formula is C12H17BrN2O2S. The molecule has 0 radical (unpaired) electrons. The van der Waals surface area contributed by atoms with Gasteiger partial charge in [0.2, 0.25) is 0 Å². The van der Waals surface area contributed by atoms with Crippen LogP contribution in [0.5, 0.6) is 0 Å². The first-order valence-electron chi connectivity index (χ1n) is 5.96. The highest BCUT2D eigenvalue weighted by Gasteiger charge is 2.20. The fourth-order valence-electron chi connectivity index (χ4n) is 2.18. The third-order valence-electron chi connectivity index (χ3n) is 3.16. The normalized spacial score (nSPS) is 19.6. The average molecular weight is 333 g/mol. The zero-order valence-electron chi connectivity index (χ0n) is 10.1. The Morgan fingerprint density at radius 3 is 2.78 bits per heavy atom. The van der Waals surface area contributed by atoms with E-state index in [1.807, 2.05) is 18.2 Å². The SMILES string of the molecule is NCc1ccc(Br)cc1N1CCCS(=O)(=O)CC1. The summed E-state index contributed by atoms with van der Waals surface area (Å²) >= 11 is 3.45. The lowest BCUT2D eigenvalue weighted by Crippen LogP contribution is -2.28. The number of hydrogen-bond donors (Lipinski definition) is 1. The number of nitrogens with zero attached hydrogens (tertiary/aromatic N) is 1. The van der Waals surface area contributed by atoms with Gasteiger partial charge in [0, 0.05) is 29.8 Å². The molecule has 6 heteroatoms. The van der Waals surface area contributed by atoms with Crippen molar-refractivity contribution < 1.29 is 8.42 Å². The van der Waals surface area contributed by atoms with Crippen molar-refractivity contribution in [2.75, 3.05) is 29.5 Å². The zero-order valence-corrected chi connectivity index (χ0v) is 12.5. The van der Waals surface area contributed by atoms with Crippen LogP contribution in [0.25, 0.3) is 0 Å². The molecule has 0 aromatic heterocycles. The predicted molar refractivity (Wildman–Crippen MR) is 77.5 cm³/mol. The molecule has 0 atom stereocenters. The van der Waals surface area contributed by atoms with E-state index in [-0.39, 0.29) is 11.5 Å². The summed E-state index contributed by atoms with van der Waals surface area (Å²) in [6.07, 6.45) is 0.679. The summed E-state index contributed by atoms with van der Waals surface area (Å²) < 4.78 is 24.2. The molecule has 1 heterocycles. The Kier molecular flexibility index (Phi) is 4.29. The van der Waals surface area contributed by atoms with E-state index in [0.717, 1.165) is 22.3 Å². The van der Waals surface area contributed by atoms with Gasteiger partial charge in [0.1, 0.15) is 0 Å². The highest BCUT2D eigenvalue weighted by Crippen LogP contribution is 2.26. The second-order valence-corrected chi connectivity index (χ2v) is 7.69. The molecule has 18 heavy (non-hydrogen) atoms. The molecular weight excluding hydrogens is 316 g/mol. The summed E-state index contributed by atoms with van der Waals surface area (Å²) in [5, 5.41) is 0. The third-order valence-corrected chi connectivity index (χ3v) is 5.37. The van der Waals surface area contributed by atoms with Crippen molar-refractivity contribution >= 4 is 31.5 Å². The first-order valence-corrected chi connectivity index (χ1v) is 8.57. The summed E-state index contributed by atoms with van der Waals surface area (Å²) in [4.78, 5) is 2.12. The van der Waals surface area contributed by atoms with Crippen molar-refractivity contribution in [3.63, 3.8) is 0 Å². The number of benzene rings is 1. The molecule has 0 spiro atoms. The number of hydrogen-bond acceptors (Lipinski definition) is 4. The van der Waals surface area contributed by atoms with E-state index in [0.29, 0.717) is 19.5 Å². The van der Waals surface area contributed by atoms with Gasteiger partial charge in [0.15, 0.2) is 9.84 Å². The molecule has 1 fully saturated rings. The molecule has 1 saturated heterocycles. The lowest BCUT2D eigenvalue weighted by atomic mass is 10.1. The molecule has 0 bridgehead atoms. The summed E-state index contributed by atoms with van der Waals surface area (Å²) in [6.45, 7) is 1.78. The maximum atomic E-state index is 11.6. The van der Waals surface area contributed by atoms with Gasteiger partial charge >= 0.3 is 0 Å². The molecule has 2 N–H and O–H groups in total. The minimum atomic E-state index is -2.87. The summed E-state index contributed by atoms with van der Waals surface area (Å²) in [5.74, 6) is 0.513. The van der Waals surface area contributed by atoms with E-state index in [4.69, 9.17) is 5.73 Å². The van der Waals surface area contributed by atoms with Gasteiger partial charge in [-0.3, -0.25) is 0 Å². The van der Waals surface area contributed by atoms with E-state index in [1.54, 1.807) is 0 Å². The maximum absolute atomic E-state index is 11.6. The molecule has 1 aromatic carbocycles. The molecule has 0 aliphatic carbocycles. The van der Waals surface area contributed by atoms with Crippen molar-refractivity contribution in [1.82, 2.24) is 0 Å². The molecule has 0 unspecified atom stereocenters. The predicted octanol–water partition coefficient (Wildman–Crippen LogP) is 1.53. The smallest absolute Gasteiger partial charge is 0.152 e. The highest BCUT2D eigenvalue weighted by molar-refractivity contribution is 9.10. The van der Waals surface area contributed by atoms with Crippen LogP contribution in [0.4, 0.5) is 5.69 Å². The van der Waals surface area contributed by atoms with Gasteiger partial charge in [0.25, 0.3) is 0 Å². The second kappa shape index (κ2) is 5.59. The topological polar surface area (TPSA) is 63.4 Å². The van der Waals surface area contributed by atoms with E-state index in [1.165, 1.54) is 0 Å². The number of anilines is 1. The first kappa shape index (κ1) is 13.8. The van der Waals surface area contributed by atoms with Crippen molar-refractivity contribution in [3.05, 3.63) is 28.2 Å². The van der Waals surface area contributed by atoms with Gasteiger partial charge in [-0.25, -0.2) is 8.42 Å². The van der Waals surface area contributed by atoms with E-state index in [2.05, 4.69) is 20.8 Å². The van der Waals surface area contributed by atoms with Crippen LogP contribution in [-0.2, 0) is 16.4 Å². The van der Waals surface area contributed by atoms with Crippen LogP contribution in [0.2, 0.25) is 0 Å². The molecule has 1 aromatic rings. The van der Waals surface area contributed by atoms with E-state index < -0.39 is 9.84 Å². The Bertz CT molecular complexity index is 531. The van der Waals surface area contributed by atoms with E-state index >= 15 is 0 Å². The quantitative estimate of drug-likeness (QED) is 0.892. The molecule has 0 amide bonds. The molecule has 0 saturated carbocycles. The maximum Gasteiger partial charge on any atom is 0.152 e. The lowest BCUT2D eigenvalue weighted by Gasteiger charge is -2.25. The van der Waals surface area contributed by atoms with Gasteiger partial charge in [-0.2, -0.15) is 0 Å². The van der Waals surface area contributed by atoms with Gasteiger partial charge in [0.05, 0.1) is 11.5 Å². The summed E-state index contributed by atoms with van der Waals surface area (Å²) in [7, 11) is -2.87. The number of rotatable bonds is 2. The molecule has 1 aliphatic heterocycles. The van der Waals surface area contributed by atoms with Crippen molar-refractivity contribution in [2.24, 2.45) is 5.73 Å². The largest absolute Gasteiger partial charge is 0.370 e. The number of nitrogens with two attached hydrogens (primary N) is 1. The van der Waals surface area contributed by atoms with Gasteiger partial charge in [-0.15, -0.1) is 0 Å². The van der Waals surface area contributed by atoms with Crippen LogP contribution in [0.15, 0.2) is 22.7 Å². The zero-order chi connectivity index (χ0) is 13.2. The number of halogens is 1. The summed E-state index contributed by atoms with van der Waals surface area (Å²) in [5.41, 5.74) is 7.84. The lowest BCUT2D eigenvalue weighted by molar-refractivity contribution is 0.597. The Hall–Kier alpha value is -0.590. The number of sulfone groups is 1. The van der Waals surface area contributed by atoms with Gasteiger partial charge < -0.3 is 10.6 Å². The fraction of sp³-hybridized carbons (Fsp3) is 0.500. The third kappa shape index (κ3) is 3.24. The Labute approximate surface area is 116 Å². The minimum absolute atomic E-state index is 0.226. The molecule has 1 aliphatic rings. The average Bonchev–Trinajstić information content (AvgIpc) is 2.50. The highest BCUT2D eigenvalue weighted by atomic mass is 79.9. The Balaban J connectivity index is 2.28. The first-order chi connectivity index (χ1) is 8.52. The fourth-order valence-corrected chi connectivity index (χ4v) is 3.80. The van der Waals surface area contributed by atoms with Crippen LogP contribution in [0, 0.1) is 0 Å². The molecule has 100 valence electrons. The molecule has 4 nitrogen and oxygen atoms in total. The van der Waals surface area contributed by atoms with Gasteiger partial charge in [-0.1, -0.05) is 22.0 Å². The second-order valence-electron chi connectivity index (χ2n) is 4.47. The van der Waals surface area contributed by atoms with Crippen LogP contribution >= 0.6 is 15.9 Å². The Morgan fingerprint density at radius 1 is 1.28 bits per heavy atom. The van der Waals surface area contributed by atoms with Crippen LogP contribution in [0.3, 0.4) is 0 Å². The van der Waals surface area contributed by atoms with Crippen LogP contribution in [0.1, 0.15) is 12.0 Å². The van der Waals surface area contributed by atoms with E-state index in [9.17, 15) is 8.42 Å². The van der Waals surface area contributed by atoms with Crippen molar-refractivity contribution in [2.45, 2.75) is 13.0 Å². The summed E-state index contributed by atoms with van der Waals surface area (Å²) in [6, 6.07) is 5.96. The Morgan fingerprint density at radius 2 is 2.06 bits per heavy atom. The van der Waals surface area contributed by atoms with Crippen molar-refractivity contribution in [3.8, 4) is 0 Å². The van der Waals surface area contributed by atoms with Crippen LogP contribution in [-0.4, -0.2) is 33.0 Å².